The van der Waals surface area contributed by atoms with Crippen molar-refractivity contribution in [1.29, 1.82) is 0 Å². The van der Waals surface area contributed by atoms with Crippen LogP contribution in [0.1, 0.15) is 16.1 Å². The van der Waals surface area contributed by atoms with Crippen molar-refractivity contribution in [3.8, 4) is 22.8 Å². The average molecular weight is 351 g/mol. The molecule has 0 saturated carbocycles. The minimum atomic E-state index is -0.306. The number of nitrogens with one attached hydrogen (secondary N) is 1. The third-order valence-electron chi connectivity index (χ3n) is 3.93. The summed E-state index contributed by atoms with van der Waals surface area (Å²) < 4.78 is 23.5. The highest BCUT2D eigenvalue weighted by molar-refractivity contribution is 5.94. The van der Waals surface area contributed by atoms with Crippen molar-refractivity contribution in [1.82, 2.24) is 15.3 Å². The number of hydrogen-bond acceptors (Lipinski definition) is 5. The van der Waals surface area contributed by atoms with Crippen molar-refractivity contribution in [2.24, 2.45) is 0 Å². The minimum Gasteiger partial charge on any atom is -0.454 e. The van der Waals surface area contributed by atoms with E-state index in [0.717, 1.165) is 5.56 Å². The van der Waals surface area contributed by atoms with Gasteiger partial charge in [-0.2, -0.15) is 0 Å². The molecule has 1 aliphatic rings. The van der Waals surface area contributed by atoms with Gasteiger partial charge in [-0.15, -0.1) is 0 Å². The molecule has 0 unspecified atom stereocenters. The van der Waals surface area contributed by atoms with E-state index in [9.17, 15) is 9.18 Å². The van der Waals surface area contributed by atoms with Crippen LogP contribution in [0.25, 0.3) is 11.3 Å². The number of nitrogens with zero attached hydrogens (tertiary/aromatic N) is 2. The van der Waals surface area contributed by atoms with Gasteiger partial charge in [0.2, 0.25) is 6.79 Å². The lowest BCUT2D eigenvalue weighted by Crippen LogP contribution is -2.23. The Labute approximate surface area is 148 Å². The zero-order valence-corrected chi connectivity index (χ0v) is 13.6. The van der Waals surface area contributed by atoms with E-state index >= 15 is 0 Å². The molecule has 0 bridgehead atoms. The van der Waals surface area contributed by atoms with E-state index in [4.69, 9.17) is 9.47 Å². The molecule has 130 valence electrons. The molecule has 3 aromatic rings. The minimum absolute atomic E-state index is 0.160. The fourth-order valence-electron chi connectivity index (χ4n) is 2.58. The molecule has 7 heteroatoms. The molecule has 0 spiro atoms. The highest BCUT2D eigenvalue weighted by Crippen LogP contribution is 2.32. The lowest BCUT2D eigenvalue weighted by molar-refractivity contribution is 0.0950. The quantitative estimate of drug-likeness (QED) is 0.782. The molecule has 1 N–H and O–H groups in total. The standard InChI is InChI=1S/C19H14FN3O3/c20-14-4-1-12(2-5-14)16-8-15(22-10-23-16)9-21-19(24)13-3-6-17-18(7-13)26-11-25-17/h1-8,10H,9,11H2,(H,21,24). The normalized spacial score (nSPS) is 12.0. The fourth-order valence-corrected chi connectivity index (χ4v) is 2.58. The maximum absolute atomic E-state index is 13.0. The Morgan fingerprint density at radius 1 is 1.04 bits per heavy atom. The number of rotatable bonds is 4. The predicted octanol–water partition coefficient (Wildman–Crippen LogP) is 2.94. The molecule has 0 atom stereocenters. The summed E-state index contributed by atoms with van der Waals surface area (Å²) in [6.45, 7) is 0.400. The molecule has 2 heterocycles. The van der Waals surface area contributed by atoms with E-state index in [2.05, 4.69) is 15.3 Å². The van der Waals surface area contributed by atoms with Crippen LogP contribution in [0.3, 0.4) is 0 Å². The van der Waals surface area contributed by atoms with Crippen molar-refractivity contribution in [3.63, 3.8) is 0 Å². The SMILES string of the molecule is O=C(NCc1cc(-c2ccc(F)cc2)ncn1)c1ccc2c(c1)OCO2. The number of aromatic nitrogens is 2. The van der Waals surface area contributed by atoms with Gasteiger partial charge >= 0.3 is 0 Å². The van der Waals surface area contributed by atoms with E-state index in [0.29, 0.717) is 28.5 Å². The van der Waals surface area contributed by atoms with Crippen LogP contribution >= 0.6 is 0 Å². The van der Waals surface area contributed by atoms with Crippen molar-refractivity contribution in [2.45, 2.75) is 6.54 Å². The van der Waals surface area contributed by atoms with Gasteiger partial charge in [-0.1, -0.05) is 0 Å². The molecule has 0 fully saturated rings. The first-order valence-electron chi connectivity index (χ1n) is 7.94. The van der Waals surface area contributed by atoms with E-state index in [1.54, 1.807) is 36.4 Å². The lowest BCUT2D eigenvalue weighted by atomic mass is 10.1. The number of fused-ring (bicyclic) bond motifs is 1. The zero-order valence-electron chi connectivity index (χ0n) is 13.6. The van der Waals surface area contributed by atoms with Gasteiger partial charge in [0, 0.05) is 11.1 Å². The van der Waals surface area contributed by atoms with Gasteiger partial charge in [0.1, 0.15) is 12.1 Å². The first-order chi connectivity index (χ1) is 12.7. The van der Waals surface area contributed by atoms with Gasteiger partial charge in [-0.3, -0.25) is 4.79 Å². The number of amides is 1. The molecule has 26 heavy (non-hydrogen) atoms. The van der Waals surface area contributed by atoms with Crippen molar-refractivity contribution in [2.75, 3.05) is 6.79 Å². The Balaban J connectivity index is 1.45. The summed E-state index contributed by atoms with van der Waals surface area (Å²) in [5.74, 6) is 0.629. The maximum atomic E-state index is 13.0. The van der Waals surface area contributed by atoms with Crippen LogP contribution in [0, 0.1) is 5.82 Å². The molecular weight excluding hydrogens is 337 g/mol. The molecule has 1 aromatic heterocycles. The summed E-state index contributed by atoms with van der Waals surface area (Å²) >= 11 is 0. The smallest absolute Gasteiger partial charge is 0.251 e. The zero-order chi connectivity index (χ0) is 17.9. The molecule has 0 radical (unpaired) electrons. The summed E-state index contributed by atoms with van der Waals surface area (Å²) in [4.78, 5) is 20.7. The van der Waals surface area contributed by atoms with Crippen LogP contribution in [0.5, 0.6) is 11.5 Å². The van der Waals surface area contributed by atoms with E-state index in [-0.39, 0.29) is 25.1 Å². The van der Waals surface area contributed by atoms with Crippen LogP contribution in [-0.4, -0.2) is 22.7 Å². The fraction of sp³-hybridized carbons (Fsp3) is 0.105. The van der Waals surface area contributed by atoms with Crippen LogP contribution in [0.15, 0.2) is 54.9 Å². The topological polar surface area (TPSA) is 73.3 Å². The first kappa shape index (κ1) is 16.0. The van der Waals surface area contributed by atoms with Crippen LogP contribution in [-0.2, 0) is 6.54 Å². The Morgan fingerprint density at radius 3 is 2.69 bits per heavy atom. The van der Waals surface area contributed by atoms with E-state index in [1.165, 1.54) is 18.5 Å². The summed E-state index contributed by atoms with van der Waals surface area (Å²) in [6, 6.07) is 12.8. The van der Waals surface area contributed by atoms with Crippen molar-refractivity contribution in [3.05, 3.63) is 71.9 Å². The molecular formula is C19H14FN3O3. The van der Waals surface area contributed by atoms with Gasteiger partial charge in [0.25, 0.3) is 5.91 Å². The summed E-state index contributed by atoms with van der Waals surface area (Å²) in [5, 5.41) is 2.81. The molecule has 2 aromatic carbocycles. The number of benzene rings is 2. The van der Waals surface area contributed by atoms with E-state index < -0.39 is 0 Å². The van der Waals surface area contributed by atoms with E-state index in [1.807, 2.05) is 0 Å². The number of carbonyl (C=O) groups is 1. The number of carbonyl (C=O) groups excluding carboxylic acids is 1. The third kappa shape index (κ3) is 3.32. The van der Waals surface area contributed by atoms with Gasteiger partial charge in [0.15, 0.2) is 11.5 Å². The summed E-state index contributed by atoms with van der Waals surface area (Å²) in [7, 11) is 0. The Kier molecular flexibility index (Phi) is 4.18. The predicted molar refractivity (Wildman–Crippen MR) is 91.2 cm³/mol. The molecule has 1 amide bonds. The highest BCUT2D eigenvalue weighted by atomic mass is 19.1. The highest BCUT2D eigenvalue weighted by Gasteiger charge is 2.16. The number of hydrogen-bond donors (Lipinski definition) is 1. The van der Waals surface area contributed by atoms with Crippen molar-refractivity contribution >= 4 is 5.91 Å². The van der Waals surface area contributed by atoms with Crippen LogP contribution in [0.2, 0.25) is 0 Å². The molecule has 4 rings (SSSR count). The number of ether oxygens (including phenoxy) is 2. The second-order valence-corrected chi connectivity index (χ2v) is 5.65. The maximum Gasteiger partial charge on any atom is 0.251 e. The van der Waals surface area contributed by atoms with Crippen molar-refractivity contribution < 1.29 is 18.7 Å². The van der Waals surface area contributed by atoms with Gasteiger partial charge < -0.3 is 14.8 Å². The average Bonchev–Trinajstić information content (AvgIpc) is 3.15. The molecule has 6 nitrogen and oxygen atoms in total. The summed E-state index contributed by atoms with van der Waals surface area (Å²) in [6.07, 6.45) is 1.42. The van der Waals surface area contributed by atoms with Crippen LogP contribution < -0.4 is 14.8 Å². The third-order valence-corrected chi connectivity index (χ3v) is 3.93. The lowest BCUT2D eigenvalue weighted by Gasteiger charge is -2.07. The first-order valence-corrected chi connectivity index (χ1v) is 7.94. The Bertz CT molecular complexity index is 960. The van der Waals surface area contributed by atoms with Crippen LogP contribution in [0.4, 0.5) is 4.39 Å². The Morgan fingerprint density at radius 2 is 1.85 bits per heavy atom. The molecule has 1 aliphatic heterocycles. The Hall–Kier alpha value is -3.48. The van der Waals surface area contributed by atoms with Gasteiger partial charge in [0.05, 0.1) is 17.9 Å². The molecule has 0 aliphatic carbocycles. The second kappa shape index (κ2) is 6.79. The largest absolute Gasteiger partial charge is 0.454 e. The monoisotopic (exact) mass is 351 g/mol. The van der Waals surface area contributed by atoms with Gasteiger partial charge in [-0.25, -0.2) is 14.4 Å². The van der Waals surface area contributed by atoms with Gasteiger partial charge in [-0.05, 0) is 48.5 Å². The molecule has 0 saturated heterocycles. The summed E-state index contributed by atoms with van der Waals surface area (Å²) in [5.41, 5.74) is 2.56. The number of halogens is 1. The second-order valence-electron chi connectivity index (χ2n) is 5.65.